The molecule has 4 rings (SSSR count). The van der Waals surface area contributed by atoms with Crippen LogP contribution in [0.25, 0.3) is 11.3 Å². The minimum Gasteiger partial charge on any atom is -0.321 e. The molecule has 0 aliphatic carbocycles. The summed E-state index contributed by atoms with van der Waals surface area (Å²) in [6.45, 7) is 5.85. The highest BCUT2D eigenvalue weighted by Gasteiger charge is 2.30. The number of nitriles is 1. The molecule has 0 spiro atoms. The van der Waals surface area contributed by atoms with Crippen LogP contribution < -0.4 is 5.32 Å². The van der Waals surface area contributed by atoms with Gasteiger partial charge in [0.2, 0.25) is 5.95 Å². The van der Waals surface area contributed by atoms with Crippen molar-refractivity contribution in [1.29, 1.82) is 5.26 Å². The quantitative estimate of drug-likeness (QED) is 0.284. The molecule has 2 aromatic carbocycles. The molecule has 0 saturated heterocycles. The number of carbonyl (C=O) groups is 1. The number of anilines is 2. The topological polar surface area (TPSA) is 143 Å². The molecule has 0 aliphatic rings. The van der Waals surface area contributed by atoms with Crippen molar-refractivity contribution in [3.63, 3.8) is 0 Å². The normalized spacial score (nSPS) is 12.0. The molecule has 0 unspecified atom stereocenters. The van der Waals surface area contributed by atoms with Crippen molar-refractivity contribution in [1.82, 2.24) is 24.8 Å². The lowest BCUT2D eigenvalue weighted by molar-refractivity contribution is -0.0399. The second-order valence-corrected chi connectivity index (χ2v) is 10.4. The Morgan fingerprint density at radius 3 is 2.49 bits per heavy atom. The maximum Gasteiger partial charge on any atom is 0.317 e. The van der Waals surface area contributed by atoms with Crippen molar-refractivity contribution in [3.05, 3.63) is 83.3 Å². The summed E-state index contributed by atoms with van der Waals surface area (Å²) in [5, 5.41) is 17.5. The third-order valence-corrected chi connectivity index (χ3v) is 7.07. The van der Waals surface area contributed by atoms with Gasteiger partial charge in [0.05, 0.1) is 39.8 Å². The van der Waals surface area contributed by atoms with Gasteiger partial charge in [-0.25, -0.2) is 9.97 Å². The zero-order valence-electron chi connectivity index (χ0n) is 21.2. The van der Waals surface area contributed by atoms with Gasteiger partial charge < -0.3 is 5.32 Å². The summed E-state index contributed by atoms with van der Waals surface area (Å²) in [5.74, 6) is -0.510. The first-order chi connectivity index (χ1) is 18.6. The van der Waals surface area contributed by atoms with Gasteiger partial charge in [-0.05, 0) is 45.0 Å². The first-order valence-electron chi connectivity index (χ1n) is 11.8. The average Bonchev–Trinajstić information content (AvgIpc) is 3.40. The van der Waals surface area contributed by atoms with Crippen molar-refractivity contribution >= 4 is 39.3 Å². The molecule has 2 aromatic heterocycles. The summed E-state index contributed by atoms with van der Waals surface area (Å²) >= 11 is 6.35. The maximum atomic E-state index is 13.2. The highest BCUT2D eigenvalue weighted by Crippen LogP contribution is 2.28. The fourth-order valence-corrected chi connectivity index (χ4v) is 4.60. The first kappa shape index (κ1) is 27.7. The number of hydroxylamine groups is 2. The van der Waals surface area contributed by atoms with Gasteiger partial charge in [-0.1, -0.05) is 41.4 Å². The second kappa shape index (κ2) is 11.6. The Labute approximate surface area is 230 Å². The van der Waals surface area contributed by atoms with E-state index in [0.717, 1.165) is 5.56 Å². The Kier molecular flexibility index (Phi) is 8.25. The molecule has 2 heterocycles. The van der Waals surface area contributed by atoms with Gasteiger partial charge >= 0.3 is 10.1 Å². The molecule has 200 valence electrons. The van der Waals surface area contributed by atoms with E-state index >= 15 is 0 Å². The molecule has 0 bridgehead atoms. The minimum atomic E-state index is -4.37. The largest absolute Gasteiger partial charge is 0.321 e. The lowest BCUT2D eigenvalue weighted by Gasteiger charge is -2.23. The Morgan fingerprint density at radius 1 is 1.18 bits per heavy atom. The van der Waals surface area contributed by atoms with E-state index in [4.69, 9.17) is 15.9 Å². The molecule has 4 aromatic rings. The molecule has 11 nitrogen and oxygen atoms in total. The summed E-state index contributed by atoms with van der Waals surface area (Å²) in [7, 11) is -4.37. The van der Waals surface area contributed by atoms with Crippen molar-refractivity contribution in [2.45, 2.75) is 38.3 Å². The minimum absolute atomic E-state index is 0.0930. The van der Waals surface area contributed by atoms with Crippen LogP contribution in [0.3, 0.4) is 0 Å². The lowest BCUT2D eigenvalue weighted by atomic mass is 10.1. The predicted molar refractivity (Wildman–Crippen MR) is 144 cm³/mol. The van der Waals surface area contributed by atoms with E-state index in [1.807, 2.05) is 26.1 Å². The first-order valence-corrected chi connectivity index (χ1v) is 13.6. The zero-order chi connectivity index (χ0) is 28.2. The number of halogens is 1. The van der Waals surface area contributed by atoms with E-state index in [1.54, 1.807) is 35.1 Å². The highest BCUT2D eigenvalue weighted by atomic mass is 35.5. The molecule has 0 radical (unpaired) electrons. The van der Waals surface area contributed by atoms with Crippen molar-refractivity contribution in [2.24, 2.45) is 0 Å². The molecule has 1 amide bonds. The number of nitrogens with one attached hydrogen (secondary N) is 1. The fraction of sp³-hybridized carbons (Fsp3) is 0.192. The van der Waals surface area contributed by atoms with Crippen LogP contribution >= 0.6 is 11.6 Å². The van der Waals surface area contributed by atoms with Crippen LogP contribution in [-0.2, 0) is 20.9 Å². The molecule has 0 saturated carbocycles. The monoisotopic (exact) mass is 565 g/mol. The number of aryl methyl sites for hydroxylation is 2. The number of aromatic nitrogens is 4. The van der Waals surface area contributed by atoms with Crippen LogP contribution in [0.4, 0.5) is 11.6 Å². The maximum absolute atomic E-state index is 13.2. The van der Waals surface area contributed by atoms with Crippen molar-refractivity contribution < 1.29 is 17.5 Å². The van der Waals surface area contributed by atoms with E-state index in [1.165, 1.54) is 37.4 Å². The summed E-state index contributed by atoms with van der Waals surface area (Å²) < 4.78 is 32.5. The van der Waals surface area contributed by atoms with Gasteiger partial charge in [0.15, 0.2) is 0 Å². The number of nitrogens with zero attached hydrogens (tertiary/aromatic N) is 6. The fourth-order valence-electron chi connectivity index (χ4n) is 3.44. The standard InChI is InChI=1S/C26H24ClN7O4S/c1-4-33-16-21(14-30-33)31-26-29-15-23(27)24(32-26)19-7-9-20(10-8-19)25(35)34(18(3)13-28)38-39(36,37)22-11-5-17(2)6-12-22/h5-12,14-16,18H,4H2,1-3H3,(H,29,31,32)/t18-/m0/s1. The second-order valence-electron chi connectivity index (χ2n) is 8.45. The van der Waals surface area contributed by atoms with Crippen LogP contribution in [0.5, 0.6) is 0 Å². The van der Waals surface area contributed by atoms with Crippen LogP contribution in [0.1, 0.15) is 29.8 Å². The molecule has 0 fully saturated rings. The van der Waals surface area contributed by atoms with E-state index < -0.39 is 22.1 Å². The summed E-state index contributed by atoms with van der Waals surface area (Å²) in [6, 6.07) is 12.7. The average molecular weight is 566 g/mol. The molecular weight excluding hydrogens is 542 g/mol. The third kappa shape index (κ3) is 6.40. The van der Waals surface area contributed by atoms with Crippen molar-refractivity contribution in [3.8, 4) is 17.3 Å². The predicted octanol–water partition coefficient (Wildman–Crippen LogP) is 4.74. The number of hydrogen-bond acceptors (Lipinski definition) is 9. The molecule has 1 N–H and O–H groups in total. The summed E-state index contributed by atoms with van der Waals surface area (Å²) in [4.78, 5) is 21.8. The van der Waals surface area contributed by atoms with Crippen molar-refractivity contribution in [2.75, 3.05) is 5.32 Å². The number of carbonyl (C=O) groups excluding carboxylic acids is 1. The van der Waals surface area contributed by atoms with Crippen LogP contribution in [-0.4, -0.2) is 45.2 Å². The van der Waals surface area contributed by atoms with E-state index in [9.17, 15) is 18.5 Å². The molecule has 1 atom stereocenters. The molecular formula is C26H24ClN7O4S. The van der Waals surface area contributed by atoms with Gasteiger partial charge in [0, 0.05) is 23.9 Å². The molecule has 39 heavy (non-hydrogen) atoms. The lowest BCUT2D eigenvalue weighted by Crippen LogP contribution is -2.39. The van der Waals surface area contributed by atoms with Gasteiger partial charge in [0.1, 0.15) is 6.04 Å². The number of benzene rings is 2. The van der Waals surface area contributed by atoms with Gasteiger partial charge in [0.25, 0.3) is 5.91 Å². The molecule has 13 heteroatoms. The van der Waals surface area contributed by atoms with Crippen LogP contribution in [0.2, 0.25) is 5.02 Å². The van der Waals surface area contributed by atoms with Gasteiger partial charge in [-0.3, -0.25) is 9.48 Å². The molecule has 0 aliphatic heterocycles. The van der Waals surface area contributed by atoms with Crippen LogP contribution in [0, 0.1) is 18.3 Å². The van der Waals surface area contributed by atoms with Gasteiger partial charge in [-0.2, -0.15) is 23.8 Å². The Balaban J connectivity index is 1.57. The Bertz CT molecular complexity index is 1630. The number of hydrogen-bond donors (Lipinski definition) is 1. The summed E-state index contributed by atoms with van der Waals surface area (Å²) in [6.07, 6.45) is 4.92. The highest BCUT2D eigenvalue weighted by molar-refractivity contribution is 7.86. The SMILES string of the molecule is CCn1cc(Nc2ncc(Cl)c(-c3ccc(C(=O)N(OS(=O)(=O)c4ccc(C)cc4)[C@@H](C)C#N)cc3)n2)cn1. The Morgan fingerprint density at radius 2 is 1.87 bits per heavy atom. The zero-order valence-corrected chi connectivity index (χ0v) is 22.8. The van der Waals surface area contributed by atoms with Crippen LogP contribution in [0.15, 0.2) is 72.0 Å². The summed E-state index contributed by atoms with van der Waals surface area (Å²) in [5.41, 5.74) is 2.65. The third-order valence-electron chi connectivity index (χ3n) is 5.59. The van der Waals surface area contributed by atoms with Gasteiger partial charge in [-0.15, -0.1) is 4.28 Å². The van der Waals surface area contributed by atoms with E-state index in [0.29, 0.717) is 34.5 Å². The Hall–Kier alpha value is -4.31. The number of rotatable bonds is 9. The van der Waals surface area contributed by atoms with E-state index in [2.05, 4.69) is 20.4 Å². The number of amides is 1. The smallest absolute Gasteiger partial charge is 0.317 e. The van der Waals surface area contributed by atoms with E-state index in [-0.39, 0.29) is 15.5 Å².